The van der Waals surface area contributed by atoms with Gasteiger partial charge in [-0.1, -0.05) is 30.7 Å². The first-order chi connectivity index (χ1) is 13.6. The highest BCUT2D eigenvalue weighted by Gasteiger charge is 2.25. The van der Waals surface area contributed by atoms with Gasteiger partial charge in [0.1, 0.15) is 11.2 Å². The van der Waals surface area contributed by atoms with Crippen molar-refractivity contribution in [3.8, 4) is 10.4 Å². The monoisotopic (exact) mass is 415 g/mol. The first kappa shape index (κ1) is 19.2. The Morgan fingerprint density at radius 2 is 2.07 bits per heavy atom. The standard InChI is InChI=1S/C21H22ClN3O2S/c1-2-16-5-3-4-10-25(16)19(26)12-24-13-23-17-11-18(28-20(17)21(24)27)14-6-8-15(22)9-7-14/h6-9,11,13,16H,2-5,10,12H2,1H3. The third-order valence-electron chi connectivity index (χ3n) is 5.36. The predicted octanol–water partition coefficient (Wildman–Crippen LogP) is 4.57. The van der Waals surface area contributed by atoms with Crippen LogP contribution >= 0.6 is 22.9 Å². The molecular formula is C21H22ClN3O2S. The SMILES string of the molecule is CCC1CCCCN1C(=O)Cn1cnc2cc(-c3ccc(Cl)cc3)sc2c1=O. The van der Waals surface area contributed by atoms with Crippen molar-refractivity contribution in [2.75, 3.05) is 6.54 Å². The molecule has 2 aromatic heterocycles. The predicted molar refractivity (Wildman–Crippen MR) is 114 cm³/mol. The smallest absolute Gasteiger partial charge is 0.271 e. The number of hydrogen-bond donors (Lipinski definition) is 0. The summed E-state index contributed by atoms with van der Waals surface area (Å²) in [4.78, 5) is 33.1. The maximum atomic E-state index is 12.9. The topological polar surface area (TPSA) is 55.2 Å². The number of fused-ring (bicyclic) bond motifs is 1. The van der Waals surface area contributed by atoms with Crippen LogP contribution in [0.15, 0.2) is 41.5 Å². The number of hydrogen-bond acceptors (Lipinski definition) is 4. The van der Waals surface area contributed by atoms with Crippen LogP contribution in [-0.2, 0) is 11.3 Å². The minimum Gasteiger partial charge on any atom is -0.338 e. The van der Waals surface area contributed by atoms with E-state index in [2.05, 4.69) is 11.9 Å². The molecular weight excluding hydrogens is 394 g/mol. The molecule has 4 rings (SSSR count). The molecule has 7 heteroatoms. The van der Waals surface area contributed by atoms with Gasteiger partial charge in [-0.25, -0.2) is 4.98 Å². The highest BCUT2D eigenvalue weighted by molar-refractivity contribution is 7.22. The molecule has 5 nitrogen and oxygen atoms in total. The fourth-order valence-electron chi connectivity index (χ4n) is 3.80. The highest BCUT2D eigenvalue weighted by atomic mass is 35.5. The molecule has 0 bridgehead atoms. The van der Waals surface area contributed by atoms with E-state index in [0.717, 1.165) is 36.2 Å². The number of benzene rings is 1. The van der Waals surface area contributed by atoms with Crippen LogP contribution in [-0.4, -0.2) is 32.9 Å². The molecule has 28 heavy (non-hydrogen) atoms. The molecule has 1 atom stereocenters. The lowest BCUT2D eigenvalue weighted by Gasteiger charge is -2.35. The van der Waals surface area contributed by atoms with Crippen LogP contribution in [0.2, 0.25) is 5.02 Å². The molecule has 3 aromatic rings. The van der Waals surface area contributed by atoms with Crippen molar-refractivity contribution in [1.82, 2.24) is 14.5 Å². The Morgan fingerprint density at radius 3 is 2.82 bits per heavy atom. The molecule has 1 aliphatic rings. The molecule has 0 saturated carbocycles. The first-order valence-electron chi connectivity index (χ1n) is 9.61. The second-order valence-electron chi connectivity index (χ2n) is 7.15. The summed E-state index contributed by atoms with van der Waals surface area (Å²) in [5, 5.41) is 0.673. The number of amides is 1. The van der Waals surface area contributed by atoms with Gasteiger partial charge in [-0.2, -0.15) is 0 Å². The molecule has 1 fully saturated rings. The second kappa shape index (κ2) is 8.05. The summed E-state index contributed by atoms with van der Waals surface area (Å²) in [7, 11) is 0. The summed E-state index contributed by atoms with van der Waals surface area (Å²) in [5.41, 5.74) is 1.50. The van der Waals surface area contributed by atoms with Crippen molar-refractivity contribution in [3.63, 3.8) is 0 Å². The minimum absolute atomic E-state index is 0.00396. The van der Waals surface area contributed by atoms with Gasteiger partial charge in [0.05, 0.1) is 11.8 Å². The largest absolute Gasteiger partial charge is 0.338 e. The van der Waals surface area contributed by atoms with E-state index in [0.29, 0.717) is 15.2 Å². The molecule has 0 aliphatic carbocycles. The molecule has 0 spiro atoms. The van der Waals surface area contributed by atoms with Crippen LogP contribution in [0.25, 0.3) is 20.7 Å². The van der Waals surface area contributed by atoms with Crippen LogP contribution in [0.4, 0.5) is 0 Å². The third-order valence-corrected chi connectivity index (χ3v) is 6.77. The van der Waals surface area contributed by atoms with E-state index in [1.165, 1.54) is 28.7 Å². The van der Waals surface area contributed by atoms with Crippen molar-refractivity contribution >= 4 is 39.1 Å². The van der Waals surface area contributed by atoms with Gasteiger partial charge in [0.25, 0.3) is 5.56 Å². The van der Waals surface area contributed by atoms with Crippen LogP contribution in [0.1, 0.15) is 32.6 Å². The quantitative estimate of drug-likeness (QED) is 0.627. The molecule has 0 radical (unpaired) electrons. The van der Waals surface area contributed by atoms with Crippen LogP contribution in [0, 0.1) is 0 Å². The molecule has 1 saturated heterocycles. The Balaban J connectivity index is 1.61. The fraction of sp³-hybridized carbons (Fsp3) is 0.381. The van der Waals surface area contributed by atoms with Crippen LogP contribution in [0.5, 0.6) is 0 Å². The Bertz CT molecular complexity index is 1060. The summed E-state index contributed by atoms with van der Waals surface area (Å²) in [6.07, 6.45) is 5.69. The number of carbonyl (C=O) groups is 1. The Labute approximate surface area is 172 Å². The van der Waals surface area contributed by atoms with Gasteiger partial charge in [-0.3, -0.25) is 14.2 Å². The van der Waals surface area contributed by atoms with Gasteiger partial charge in [0.15, 0.2) is 0 Å². The maximum Gasteiger partial charge on any atom is 0.271 e. The summed E-state index contributed by atoms with van der Waals surface area (Å²) in [6, 6.07) is 9.70. The van der Waals surface area contributed by atoms with Crippen LogP contribution < -0.4 is 5.56 Å². The average molecular weight is 416 g/mol. The molecule has 1 unspecified atom stereocenters. The van der Waals surface area contributed by atoms with E-state index in [4.69, 9.17) is 11.6 Å². The van der Waals surface area contributed by atoms with Crippen LogP contribution in [0.3, 0.4) is 0 Å². The van der Waals surface area contributed by atoms with Gasteiger partial charge < -0.3 is 4.90 Å². The first-order valence-corrected chi connectivity index (χ1v) is 10.8. The maximum absolute atomic E-state index is 12.9. The molecule has 3 heterocycles. The number of carbonyl (C=O) groups excluding carboxylic acids is 1. The zero-order valence-corrected chi connectivity index (χ0v) is 17.3. The van der Waals surface area contributed by atoms with Crippen molar-refractivity contribution in [2.45, 2.75) is 45.2 Å². The lowest BCUT2D eigenvalue weighted by Crippen LogP contribution is -2.45. The molecule has 146 valence electrons. The third kappa shape index (κ3) is 3.71. The zero-order chi connectivity index (χ0) is 19.7. The average Bonchev–Trinajstić information content (AvgIpc) is 3.15. The lowest BCUT2D eigenvalue weighted by molar-refractivity contribution is -0.135. The normalized spacial score (nSPS) is 17.2. The number of piperidine rings is 1. The zero-order valence-electron chi connectivity index (χ0n) is 15.7. The number of likely N-dealkylation sites (tertiary alicyclic amines) is 1. The number of halogens is 1. The summed E-state index contributed by atoms with van der Waals surface area (Å²) < 4.78 is 2.01. The number of thiophene rings is 1. The van der Waals surface area contributed by atoms with E-state index >= 15 is 0 Å². The van der Waals surface area contributed by atoms with Gasteiger partial charge in [0.2, 0.25) is 5.91 Å². The van der Waals surface area contributed by atoms with Crippen molar-refractivity contribution < 1.29 is 4.79 Å². The summed E-state index contributed by atoms with van der Waals surface area (Å²) in [5.74, 6) is 0.00396. The van der Waals surface area contributed by atoms with Gasteiger partial charge in [0, 0.05) is 22.5 Å². The Morgan fingerprint density at radius 1 is 1.29 bits per heavy atom. The number of nitrogens with zero attached hydrogens (tertiary/aromatic N) is 3. The van der Waals surface area contributed by atoms with E-state index in [9.17, 15) is 9.59 Å². The van der Waals surface area contributed by atoms with E-state index in [1.807, 2.05) is 35.2 Å². The Hall–Kier alpha value is -2.18. The van der Waals surface area contributed by atoms with Gasteiger partial charge in [-0.15, -0.1) is 11.3 Å². The van der Waals surface area contributed by atoms with Crippen molar-refractivity contribution in [1.29, 1.82) is 0 Å². The van der Waals surface area contributed by atoms with E-state index < -0.39 is 0 Å². The number of rotatable bonds is 4. The van der Waals surface area contributed by atoms with Crippen molar-refractivity contribution in [3.05, 3.63) is 52.0 Å². The van der Waals surface area contributed by atoms with Gasteiger partial charge in [-0.05, 0) is 49.4 Å². The van der Waals surface area contributed by atoms with Crippen molar-refractivity contribution in [2.24, 2.45) is 0 Å². The lowest BCUT2D eigenvalue weighted by atomic mass is 10.00. The molecule has 1 amide bonds. The second-order valence-corrected chi connectivity index (χ2v) is 8.64. The van der Waals surface area contributed by atoms with E-state index in [1.54, 1.807) is 0 Å². The highest BCUT2D eigenvalue weighted by Crippen LogP contribution is 2.31. The van der Waals surface area contributed by atoms with E-state index in [-0.39, 0.29) is 24.1 Å². The summed E-state index contributed by atoms with van der Waals surface area (Å²) >= 11 is 7.36. The fourth-order valence-corrected chi connectivity index (χ4v) is 5.00. The Kier molecular flexibility index (Phi) is 5.51. The minimum atomic E-state index is -0.159. The summed E-state index contributed by atoms with van der Waals surface area (Å²) in [6.45, 7) is 2.94. The molecule has 1 aromatic carbocycles. The molecule has 0 N–H and O–H groups in total. The number of aromatic nitrogens is 2. The molecule has 1 aliphatic heterocycles. The van der Waals surface area contributed by atoms with Gasteiger partial charge >= 0.3 is 0 Å².